The van der Waals surface area contributed by atoms with Gasteiger partial charge in [0.25, 0.3) is 0 Å². The van der Waals surface area contributed by atoms with Crippen molar-refractivity contribution in [2.24, 2.45) is 0 Å². The highest BCUT2D eigenvalue weighted by molar-refractivity contribution is 5.45. The van der Waals surface area contributed by atoms with E-state index in [9.17, 15) is 0 Å². The van der Waals surface area contributed by atoms with Crippen molar-refractivity contribution in [3.63, 3.8) is 0 Å². The standard InChI is InChI=1S/C21H26N4O2/c1-20(2)13-25(14-24-20)16-10-22-19(23-11-16)27-17-6-5-15-12-26-21(18(15)9-17)7-3-4-8-21/h5-6,9-11,24H,3-4,7-8,12-14H2,1-2H3. The molecule has 1 aromatic heterocycles. The molecule has 5 rings (SSSR count). The summed E-state index contributed by atoms with van der Waals surface area (Å²) < 4.78 is 12.1. The third kappa shape index (κ3) is 3.07. The number of ether oxygens (including phenoxy) is 2. The Bertz CT molecular complexity index is 844. The van der Waals surface area contributed by atoms with Crippen LogP contribution < -0.4 is 15.0 Å². The number of hydrogen-bond donors (Lipinski definition) is 1. The number of hydrogen-bond acceptors (Lipinski definition) is 6. The zero-order chi connectivity index (χ0) is 18.5. The van der Waals surface area contributed by atoms with Crippen LogP contribution in [0.2, 0.25) is 0 Å². The second kappa shape index (κ2) is 6.17. The monoisotopic (exact) mass is 366 g/mol. The van der Waals surface area contributed by atoms with Gasteiger partial charge in [0, 0.05) is 12.1 Å². The number of aromatic nitrogens is 2. The minimum absolute atomic E-state index is 0.0883. The van der Waals surface area contributed by atoms with Gasteiger partial charge in [0.2, 0.25) is 0 Å². The summed E-state index contributed by atoms with van der Waals surface area (Å²) >= 11 is 0. The lowest BCUT2D eigenvalue weighted by molar-refractivity contribution is -0.0325. The number of anilines is 1. The minimum Gasteiger partial charge on any atom is -0.424 e. The van der Waals surface area contributed by atoms with Crippen LogP contribution in [-0.4, -0.2) is 28.7 Å². The summed E-state index contributed by atoms with van der Waals surface area (Å²) in [6, 6.07) is 6.60. The first-order valence-electron chi connectivity index (χ1n) is 9.80. The van der Waals surface area contributed by atoms with Gasteiger partial charge in [-0.3, -0.25) is 5.32 Å². The summed E-state index contributed by atoms with van der Waals surface area (Å²) in [7, 11) is 0. The molecule has 0 unspecified atom stereocenters. The Kier molecular flexibility index (Phi) is 3.88. The van der Waals surface area contributed by atoms with Crippen molar-refractivity contribution in [3.05, 3.63) is 41.7 Å². The molecule has 0 bridgehead atoms. The lowest BCUT2D eigenvalue weighted by Crippen LogP contribution is -2.34. The highest BCUT2D eigenvalue weighted by Gasteiger charge is 2.42. The quantitative estimate of drug-likeness (QED) is 0.894. The van der Waals surface area contributed by atoms with Crippen LogP contribution in [0.25, 0.3) is 0 Å². The first kappa shape index (κ1) is 17.0. The molecule has 0 atom stereocenters. The van der Waals surface area contributed by atoms with E-state index in [4.69, 9.17) is 9.47 Å². The molecule has 6 nitrogen and oxygen atoms in total. The van der Waals surface area contributed by atoms with Crippen LogP contribution in [-0.2, 0) is 16.9 Å². The maximum Gasteiger partial charge on any atom is 0.322 e. The van der Waals surface area contributed by atoms with Crippen molar-refractivity contribution in [3.8, 4) is 11.8 Å². The van der Waals surface area contributed by atoms with E-state index in [2.05, 4.69) is 46.2 Å². The van der Waals surface area contributed by atoms with E-state index < -0.39 is 0 Å². The van der Waals surface area contributed by atoms with E-state index in [1.165, 1.54) is 24.0 Å². The highest BCUT2D eigenvalue weighted by atomic mass is 16.5. The zero-order valence-electron chi connectivity index (χ0n) is 16.0. The van der Waals surface area contributed by atoms with Crippen LogP contribution in [0.15, 0.2) is 30.6 Å². The molecule has 1 aliphatic carbocycles. The smallest absolute Gasteiger partial charge is 0.322 e. The fraction of sp³-hybridized carbons (Fsp3) is 0.524. The molecule has 27 heavy (non-hydrogen) atoms. The van der Waals surface area contributed by atoms with Crippen molar-refractivity contribution in [2.45, 2.75) is 57.3 Å². The van der Waals surface area contributed by atoms with Gasteiger partial charge in [-0.1, -0.05) is 18.9 Å². The second-order valence-electron chi connectivity index (χ2n) is 8.55. The molecular formula is C21H26N4O2. The van der Waals surface area contributed by atoms with Gasteiger partial charge < -0.3 is 14.4 Å². The van der Waals surface area contributed by atoms with Crippen molar-refractivity contribution < 1.29 is 9.47 Å². The van der Waals surface area contributed by atoms with Gasteiger partial charge in [-0.25, -0.2) is 9.97 Å². The van der Waals surface area contributed by atoms with Gasteiger partial charge in [-0.15, -0.1) is 0 Å². The fourth-order valence-electron chi connectivity index (χ4n) is 4.53. The summed E-state index contributed by atoms with van der Waals surface area (Å²) in [5.74, 6) is 0.780. The molecule has 2 aromatic rings. The normalized spacial score (nSPS) is 22.4. The van der Waals surface area contributed by atoms with Gasteiger partial charge in [0.1, 0.15) is 5.75 Å². The molecule has 3 heterocycles. The van der Waals surface area contributed by atoms with Crippen LogP contribution in [0, 0.1) is 0 Å². The van der Waals surface area contributed by atoms with E-state index in [0.717, 1.165) is 37.5 Å². The molecule has 1 saturated carbocycles. The molecule has 2 aliphatic heterocycles. The van der Waals surface area contributed by atoms with Gasteiger partial charge in [0.05, 0.1) is 37.0 Å². The second-order valence-corrected chi connectivity index (χ2v) is 8.55. The first-order valence-corrected chi connectivity index (χ1v) is 9.80. The van der Waals surface area contributed by atoms with E-state index in [1.54, 1.807) is 0 Å². The van der Waals surface area contributed by atoms with Gasteiger partial charge in [0.15, 0.2) is 0 Å². The molecule has 3 aliphatic rings. The summed E-state index contributed by atoms with van der Waals surface area (Å²) in [5, 5.41) is 3.47. The lowest BCUT2D eigenvalue weighted by Gasteiger charge is -2.23. The Morgan fingerprint density at radius 2 is 1.93 bits per heavy atom. The molecule has 1 aromatic carbocycles. The first-order chi connectivity index (χ1) is 13.0. The Morgan fingerprint density at radius 3 is 2.63 bits per heavy atom. The zero-order valence-corrected chi connectivity index (χ0v) is 16.0. The van der Waals surface area contributed by atoms with Gasteiger partial charge in [-0.2, -0.15) is 0 Å². The molecule has 2 fully saturated rings. The highest BCUT2D eigenvalue weighted by Crippen LogP contribution is 2.49. The molecule has 142 valence electrons. The molecule has 0 amide bonds. The molecule has 1 N–H and O–H groups in total. The average molecular weight is 366 g/mol. The van der Waals surface area contributed by atoms with Crippen LogP contribution in [0.5, 0.6) is 11.8 Å². The SMILES string of the molecule is CC1(C)CN(c2cnc(Oc3ccc4c(c3)C3(CCCC3)OC4)nc2)CN1. The predicted octanol–water partition coefficient (Wildman–Crippen LogP) is 3.71. The van der Waals surface area contributed by atoms with Crippen molar-refractivity contribution in [1.82, 2.24) is 15.3 Å². The maximum absolute atomic E-state index is 6.17. The lowest BCUT2D eigenvalue weighted by atomic mass is 9.91. The minimum atomic E-state index is -0.0883. The van der Waals surface area contributed by atoms with Crippen LogP contribution in [0.4, 0.5) is 5.69 Å². The van der Waals surface area contributed by atoms with Gasteiger partial charge >= 0.3 is 6.01 Å². The third-order valence-electron chi connectivity index (χ3n) is 6.01. The Morgan fingerprint density at radius 1 is 1.15 bits per heavy atom. The molecular weight excluding hydrogens is 340 g/mol. The average Bonchev–Trinajstić information content (AvgIpc) is 3.37. The Balaban J connectivity index is 1.33. The molecule has 1 spiro atoms. The number of rotatable bonds is 3. The summed E-state index contributed by atoms with van der Waals surface area (Å²) in [6.07, 6.45) is 8.35. The van der Waals surface area contributed by atoms with Crippen LogP contribution >= 0.6 is 0 Å². The number of benzene rings is 1. The Hall–Kier alpha value is -2.18. The van der Waals surface area contributed by atoms with Crippen molar-refractivity contribution in [2.75, 3.05) is 18.1 Å². The Labute approximate surface area is 159 Å². The molecule has 1 saturated heterocycles. The van der Waals surface area contributed by atoms with Crippen molar-refractivity contribution in [1.29, 1.82) is 0 Å². The van der Waals surface area contributed by atoms with E-state index in [1.807, 2.05) is 18.5 Å². The van der Waals surface area contributed by atoms with Crippen LogP contribution in [0.1, 0.15) is 50.7 Å². The van der Waals surface area contributed by atoms with Crippen molar-refractivity contribution >= 4 is 5.69 Å². The van der Waals surface area contributed by atoms with E-state index in [-0.39, 0.29) is 11.1 Å². The van der Waals surface area contributed by atoms with Crippen LogP contribution in [0.3, 0.4) is 0 Å². The fourth-order valence-corrected chi connectivity index (χ4v) is 4.53. The predicted molar refractivity (Wildman–Crippen MR) is 103 cm³/mol. The largest absolute Gasteiger partial charge is 0.424 e. The summed E-state index contributed by atoms with van der Waals surface area (Å²) in [5.41, 5.74) is 3.60. The maximum atomic E-state index is 6.17. The third-order valence-corrected chi connectivity index (χ3v) is 6.01. The molecule has 6 heteroatoms. The number of fused-ring (bicyclic) bond motifs is 2. The van der Waals surface area contributed by atoms with E-state index >= 15 is 0 Å². The van der Waals surface area contributed by atoms with Gasteiger partial charge in [-0.05, 0) is 49.9 Å². The molecule has 0 radical (unpaired) electrons. The summed E-state index contributed by atoms with van der Waals surface area (Å²) in [6.45, 7) is 6.84. The number of nitrogens with one attached hydrogen (secondary N) is 1. The number of nitrogens with zero attached hydrogens (tertiary/aromatic N) is 3. The summed E-state index contributed by atoms with van der Waals surface area (Å²) in [4.78, 5) is 11.1. The topological polar surface area (TPSA) is 59.5 Å². The van der Waals surface area contributed by atoms with E-state index in [0.29, 0.717) is 12.6 Å².